The van der Waals surface area contributed by atoms with Crippen LogP contribution in [0, 0.1) is 5.92 Å². The van der Waals surface area contributed by atoms with Gasteiger partial charge >= 0.3 is 0 Å². The second-order valence-corrected chi connectivity index (χ2v) is 5.86. The van der Waals surface area contributed by atoms with Crippen molar-refractivity contribution < 1.29 is 4.79 Å². The third-order valence-corrected chi connectivity index (χ3v) is 4.18. The minimum absolute atomic E-state index is 0.212. The molecular weight excluding hydrogens is 272 g/mol. The van der Waals surface area contributed by atoms with Crippen molar-refractivity contribution in [1.82, 2.24) is 5.32 Å². The smallest absolute Gasteiger partial charge is 0.227 e. The maximum absolute atomic E-state index is 12.8. The first-order valence-corrected chi connectivity index (χ1v) is 7.93. The molecule has 1 atom stereocenters. The summed E-state index contributed by atoms with van der Waals surface area (Å²) in [4.78, 5) is 14.7. The average molecular weight is 294 g/mol. The summed E-state index contributed by atoms with van der Waals surface area (Å²) in [6.07, 6.45) is 1.72. The predicted molar refractivity (Wildman–Crippen MR) is 89.7 cm³/mol. The van der Waals surface area contributed by atoms with E-state index in [0.717, 1.165) is 30.8 Å². The number of para-hydroxylation sites is 1. The van der Waals surface area contributed by atoms with Crippen LogP contribution in [-0.4, -0.2) is 19.0 Å². The van der Waals surface area contributed by atoms with Crippen molar-refractivity contribution >= 4 is 11.6 Å². The third-order valence-electron chi connectivity index (χ3n) is 4.18. The van der Waals surface area contributed by atoms with Crippen LogP contribution in [0.4, 0.5) is 5.69 Å². The number of carbonyl (C=O) groups is 1. The highest BCUT2D eigenvalue weighted by atomic mass is 16.2. The first-order valence-electron chi connectivity index (χ1n) is 7.93. The van der Waals surface area contributed by atoms with E-state index in [9.17, 15) is 4.79 Å². The Bertz CT molecular complexity index is 591. The Morgan fingerprint density at radius 3 is 2.36 bits per heavy atom. The van der Waals surface area contributed by atoms with Gasteiger partial charge in [-0.05, 0) is 43.1 Å². The second-order valence-electron chi connectivity index (χ2n) is 5.86. The molecule has 3 nitrogen and oxygen atoms in total. The Balaban J connectivity index is 1.77. The molecule has 1 saturated heterocycles. The van der Waals surface area contributed by atoms with Crippen molar-refractivity contribution in [3.8, 4) is 0 Å². The molecule has 1 aliphatic heterocycles. The molecule has 114 valence electrons. The maximum atomic E-state index is 12.8. The highest BCUT2D eigenvalue weighted by Gasteiger charge is 2.23. The summed E-state index contributed by atoms with van der Waals surface area (Å²) in [6, 6.07) is 20.1. The van der Waals surface area contributed by atoms with Gasteiger partial charge in [-0.3, -0.25) is 4.79 Å². The summed E-state index contributed by atoms with van der Waals surface area (Å²) in [5.41, 5.74) is 2.13. The fourth-order valence-electron chi connectivity index (χ4n) is 2.94. The molecular formula is C19H22N2O. The zero-order chi connectivity index (χ0) is 15.2. The Labute approximate surface area is 132 Å². The lowest BCUT2D eigenvalue weighted by molar-refractivity contribution is -0.119. The summed E-state index contributed by atoms with van der Waals surface area (Å²) >= 11 is 0. The molecule has 0 spiro atoms. The van der Waals surface area contributed by atoms with Crippen molar-refractivity contribution in [2.24, 2.45) is 5.92 Å². The Morgan fingerprint density at radius 2 is 1.73 bits per heavy atom. The van der Waals surface area contributed by atoms with Crippen LogP contribution in [0.15, 0.2) is 60.7 Å². The van der Waals surface area contributed by atoms with Crippen molar-refractivity contribution in [3.05, 3.63) is 66.2 Å². The molecule has 22 heavy (non-hydrogen) atoms. The number of benzene rings is 2. The van der Waals surface area contributed by atoms with E-state index >= 15 is 0 Å². The molecule has 1 amide bonds. The number of nitrogens with zero attached hydrogens (tertiary/aromatic N) is 1. The zero-order valence-electron chi connectivity index (χ0n) is 12.7. The Morgan fingerprint density at radius 1 is 1.05 bits per heavy atom. The monoisotopic (exact) mass is 294 g/mol. The zero-order valence-corrected chi connectivity index (χ0v) is 12.7. The van der Waals surface area contributed by atoms with Gasteiger partial charge in [0.2, 0.25) is 5.91 Å². The van der Waals surface area contributed by atoms with Crippen LogP contribution in [0.25, 0.3) is 0 Å². The molecule has 3 heteroatoms. The molecule has 1 N–H and O–H groups in total. The van der Waals surface area contributed by atoms with Gasteiger partial charge in [-0.15, -0.1) is 0 Å². The van der Waals surface area contributed by atoms with Crippen molar-refractivity contribution in [3.63, 3.8) is 0 Å². The normalized spacial score (nSPS) is 17.4. The second kappa shape index (κ2) is 7.23. The van der Waals surface area contributed by atoms with Crippen molar-refractivity contribution in [2.75, 3.05) is 18.0 Å². The highest BCUT2D eigenvalue weighted by Crippen LogP contribution is 2.21. The van der Waals surface area contributed by atoms with Gasteiger partial charge in [0.1, 0.15) is 0 Å². The lowest BCUT2D eigenvalue weighted by Gasteiger charge is -2.24. The largest absolute Gasteiger partial charge is 0.316 e. The molecule has 0 radical (unpaired) electrons. The van der Waals surface area contributed by atoms with Crippen molar-refractivity contribution in [1.29, 1.82) is 0 Å². The number of nitrogens with one attached hydrogen (secondary N) is 1. The molecule has 3 rings (SSSR count). The minimum atomic E-state index is 0.212. The summed E-state index contributed by atoms with van der Waals surface area (Å²) < 4.78 is 0. The summed E-state index contributed by atoms with van der Waals surface area (Å²) in [5.74, 6) is 0.679. The van der Waals surface area contributed by atoms with Gasteiger partial charge in [-0.1, -0.05) is 48.5 Å². The van der Waals surface area contributed by atoms with Crippen LogP contribution in [0.5, 0.6) is 0 Å². The van der Waals surface area contributed by atoms with E-state index in [1.165, 1.54) is 0 Å². The van der Waals surface area contributed by atoms with E-state index in [2.05, 4.69) is 17.4 Å². The SMILES string of the molecule is O=C(CC1CCNC1)N(Cc1ccccc1)c1ccccc1. The predicted octanol–water partition coefficient (Wildman–Crippen LogP) is 3.22. The minimum Gasteiger partial charge on any atom is -0.316 e. The van der Waals surface area contributed by atoms with Gasteiger partial charge in [0, 0.05) is 12.1 Å². The molecule has 0 aromatic heterocycles. The molecule has 2 aromatic rings. The summed E-state index contributed by atoms with van der Waals surface area (Å²) in [5, 5.41) is 3.34. The number of hydrogen-bond donors (Lipinski definition) is 1. The van der Waals surface area contributed by atoms with Gasteiger partial charge in [0.15, 0.2) is 0 Å². The number of rotatable bonds is 5. The quantitative estimate of drug-likeness (QED) is 0.918. The molecule has 1 aliphatic rings. The van der Waals surface area contributed by atoms with Crippen LogP contribution in [0.1, 0.15) is 18.4 Å². The highest BCUT2D eigenvalue weighted by molar-refractivity contribution is 5.93. The van der Waals surface area contributed by atoms with E-state index in [1.807, 2.05) is 53.4 Å². The van der Waals surface area contributed by atoms with Crippen LogP contribution >= 0.6 is 0 Å². The standard InChI is InChI=1S/C19H22N2O/c22-19(13-17-11-12-20-14-17)21(18-9-5-2-6-10-18)15-16-7-3-1-4-8-16/h1-10,17,20H,11-15H2. The molecule has 1 fully saturated rings. The van der Waals surface area contributed by atoms with Gasteiger partial charge < -0.3 is 10.2 Å². The maximum Gasteiger partial charge on any atom is 0.227 e. The van der Waals surface area contributed by atoms with E-state index in [0.29, 0.717) is 18.9 Å². The lowest BCUT2D eigenvalue weighted by atomic mass is 10.0. The third kappa shape index (κ3) is 3.74. The molecule has 1 heterocycles. The lowest BCUT2D eigenvalue weighted by Crippen LogP contribution is -2.32. The fraction of sp³-hybridized carbons (Fsp3) is 0.316. The van der Waals surface area contributed by atoms with Gasteiger partial charge in [0.25, 0.3) is 0 Å². The number of hydrogen-bond acceptors (Lipinski definition) is 2. The van der Waals surface area contributed by atoms with Gasteiger partial charge in [-0.25, -0.2) is 0 Å². The number of amides is 1. The van der Waals surface area contributed by atoms with Gasteiger partial charge in [0.05, 0.1) is 6.54 Å². The van der Waals surface area contributed by atoms with E-state index in [1.54, 1.807) is 0 Å². The molecule has 0 bridgehead atoms. The topological polar surface area (TPSA) is 32.3 Å². The number of anilines is 1. The molecule has 0 saturated carbocycles. The number of carbonyl (C=O) groups excluding carboxylic acids is 1. The Hall–Kier alpha value is -2.13. The summed E-state index contributed by atoms with van der Waals surface area (Å²) in [6.45, 7) is 2.62. The fourth-order valence-corrected chi connectivity index (χ4v) is 2.94. The summed E-state index contributed by atoms with van der Waals surface area (Å²) in [7, 11) is 0. The molecule has 1 unspecified atom stereocenters. The first-order chi connectivity index (χ1) is 10.8. The van der Waals surface area contributed by atoms with Crippen LogP contribution < -0.4 is 10.2 Å². The van der Waals surface area contributed by atoms with Crippen molar-refractivity contribution in [2.45, 2.75) is 19.4 Å². The van der Waals surface area contributed by atoms with Gasteiger partial charge in [-0.2, -0.15) is 0 Å². The molecule has 0 aliphatic carbocycles. The van der Waals surface area contributed by atoms with Crippen LogP contribution in [0.3, 0.4) is 0 Å². The van der Waals surface area contributed by atoms with E-state index in [4.69, 9.17) is 0 Å². The Kier molecular flexibility index (Phi) is 4.86. The van der Waals surface area contributed by atoms with Crippen LogP contribution in [0.2, 0.25) is 0 Å². The first kappa shape index (κ1) is 14.8. The van der Waals surface area contributed by atoms with E-state index < -0.39 is 0 Å². The molecule has 2 aromatic carbocycles. The van der Waals surface area contributed by atoms with E-state index in [-0.39, 0.29) is 5.91 Å². The average Bonchev–Trinajstić information content (AvgIpc) is 3.07. The van der Waals surface area contributed by atoms with Crippen LogP contribution in [-0.2, 0) is 11.3 Å².